The van der Waals surface area contributed by atoms with Crippen LogP contribution >= 0.6 is 0 Å². The van der Waals surface area contributed by atoms with Gasteiger partial charge in [0, 0.05) is 0 Å². The molecule has 72 valence electrons. The predicted octanol–water partition coefficient (Wildman–Crippen LogP) is -3.69. The third-order valence-corrected chi connectivity index (χ3v) is 0. The van der Waals surface area contributed by atoms with Crippen LogP contribution in [0.4, 0.5) is 4.79 Å². The van der Waals surface area contributed by atoms with Crippen molar-refractivity contribution >= 4 is 66.9 Å². The maximum atomic E-state index is 8.33. The Labute approximate surface area is 122 Å². The largest absolute Gasteiger partial charge is 2.00 e. The van der Waals surface area contributed by atoms with Gasteiger partial charge in [-0.15, -0.1) is 0 Å². The van der Waals surface area contributed by atoms with E-state index in [9.17, 15) is 0 Å². The monoisotopic (exact) mass is 248 g/mol. The topological polar surface area (TPSA) is 196 Å². The molecule has 13 heteroatoms. The van der Waals surface area contributed by atoms with E-state index < -0.39 is 16.3 Å². The van der Waals surface area contributed by atoms with E-state index in [1.807, 2.05) is 0 Å². The summed E-state index contributed by atoms with van der Waals surface area (Å²) in [6.07, 6.45) is -2.33. The molecule has 0 rings (SSSR count). The maximum Gasteiger partial charge on any atom is 2.00 e. The second-order valence-corrected chi connectivity index (χ2v) is 0.697. The van der Waals surface area contributed by atoms with Crippen LogP contribution in [0.5, 0.6) is 0 Å². The summed E-state index contributed by atoms with van der Waals surface area (Å²) in [5.74, 6) is 0. The second kappa shape index (κ2) is 23.0. The zero-order valence-electron chi connectivity index (χ0n) is 6.48. The van der Waals surface area contributed by atoms with E-state index in [1.54, 1.807) is 0 Å². The van der Waals surface area contributed by atoms with Crippen LogP contribution in [0.15, 0.2) is 0 Å². The molecule has 0 bridgehead atoms. The van der Waals surface area contributed by atoms with Crippen molar-refractivity contribution < 1.29 is 25.2 Å². The number of hydrogen-bond donors (Lipinski definition) is 0. The summed E-state index contributed by atoms with van der Waals surface area (Å²) in [7, 11) is 0. The molecule has 0 spiro atoms. The molecule has 0 heterocycles. The minimum atomic E-state index is -2.33. The van der Waals surface area contributed by atoms with Crippen molar-refractivity contribution in [1.29, 1.82) is 0 Å². The molecule has 0 aliphatic heterocycles. The quantitative estimate of drug-likeness (QED) is 0.235. The third-order valence-electron chi connectivity index (χ3n) is 0. The van der Waals surface area contributed by atoms with Crippen LogP contribution in [0.25, 0.3) is 0 Å². The Balaban J connectivity index is -0.0000000270. The summed E-state index contributed by atoms with van der Waals surface area (Å²) in [5, 5.41) is 46.2. The van der Waals surface area contributed by atoms with Crippen molar-refractivity contribution in [3.63, 3.8) is 0 Å². The minimum Gasteiger partial charge on any atom is -0.652 e. The van der Waals surface area contributed by atoms with Crippen molar-refractivity contribution in [3.8, 4) is 0 Å². The molecule has 0 fully saturated rings. The van der Waals surface area contributed by atoms with E-state index in [1.165, 1.54) is 0 Å². The molecule has 11 nitrogen and oxygen atoms in total. The number of rotatable bonds is 0. The van der Waals surface area contributed by atoms with Gasteiger partial charge >= 0.3 is 60.8 Å². The van der Waals surface area contributed by atoms with Crippen molar-refractivity contribution in [2.75, 3.05) is 0 Å². The van der Waals surface area contributed by atoms with Gasteiger partial charge in [-0.25, -0.2) is 0 Å². The van der Waals surface area contributed by atoms with E-state index in [4.69, 9.17) is 45.7 Å². The first-order valence-electron chi connectivity index (χ1n) is 1.71. The molecule has 0 aliphatic rings. The van der Waals surface area contributed by atoms with Gasteiger partial charge in [0.25, 0.3) is 0 Å². The van der Waals surface area contributed by atoms with Gasteiger partial charge in [-0.2, -0.15) is 0 Å². The number of carbonyl (C=O) groups excluding carboxylic acids is 1. The molecule has 0 aromatic heterocycles. The molecule has 0 amide bonds. The molecular formula is CCaMgN2O9. The number of carboxylic acid groups (broad SMARTS) is 2. The fraction of sp³-hybridized carbons (Fsp3) is 0. The van der Waals surface area contributed by atoms with E-state index in [-0.39, 0.29) is 60.8 Å². The fourth-order valence-corrected chi connectivity index (χ4v) is 0. The molecule has 0 radical (unpaired) electrons. The zero-order valence-corrected chi connectivity index (χ0v) is 10.1. The van der Waals surface area contributed by atoms with Gasteiger partial charge in [0.05, 0.1) is 10.2 Å². The standard InChI is InChI=1S/CH2O3.Ca.Mg.2NO3/c2-1(3)4;;;2*2-1(3)4/h(H2,2,3,4);;;;/q;2*+2;2*-1/p-2. The normalized spacial score (nSPS) is 5.14. The average Bonchev–Trinajstić information content (AvgIpc) is 1.54. The zero-order chi connectivity index (χ0) is 10.7. The van der Waals surface area contributed by atoms with Crippen molar-refractivity contribution in [2.24, 2.45) is 0 Å². The Morgan fingerprint density at radius 3 is 0.857 bits per heavy atom. The van der Waals surface area contributed by atoms with Crippen molar-refractivity contribution in [1.82, 2.24) is 0 Å². The predicted molar refractivity (Wildman–Crippen MR) is 37.6 cm³/mol. The van der Waals surface area contributed by atoms with Crippen LogP contribution in [-0.2, 0) is 0 Å². The second-order valence-electron chi connectivity index (χ2n) is 0.697. The summed E-state index contributed by atoms with van der Waals surface area (Å²) in [6.45, 7) is 0. The van der Waals surface area contributed by atoms with E-state index >= 15 is 0 Å². The Bertz CT molecular complexity index is 120. The van der Waals surface area contributed by atoms with E-state index in [2.05, 4.69) is 0 Å². The first-order chi connectivity index (χ1) is 5.20. The van der Waals surface area contributed by atoms with E-state index in [0.717, 1.165) is 0 Å². The van der Waals surface area contributed by atoms with Crippen LogP contribution in [0.2, 0.25) is 0 Å². The first kappa shape index (κ1) is 29.2. The average molecular weight is 248 g/mol. The van der Waals surface area contributed by atoms with E-state index in [0.29, 0.717) is 0 Å². The number of carbonyl (C=O) groups is 1. The number of hydrogen-bond acceptors (Lipinski definition) is 9. The SMILES string of the molecule is O=C([O-])[O-].O=[N+]([O-])[O-].O=[N+]([O-])[O-].[Ca+2].[Mg+2]. The summed E-state index contributed by atoms with van der Waals surface area (Å²) < 4.78 is 0. The van der Waals surface area contributed by atoms with Gasteiger partial charge in [0.1, 0.15) is 0 Å². The van der Waals surface area contributed by atoms with Crippen LogP contribution in [0.3, 0.4) is 0 Å². The molecule has 0 saturated carbocycles. The summed E-state index contributed by atoms with van der Waals surface area (Å²) >= 11 is 0. The van der Waals surface area contributed by atoms with Crippen LogP contribution < -0.4 is 10.2 Å². The van der Waals surface area contributed by atoms with Crippen molar-refractivity contribution in [3.05, 3.63) is 30.6 Å². The molecule has 14 heavy (non-hydrogen) atoms. The molecule has 0 aromatic carbocycles. The Kier molecular flexibility index (Phi) is 47.9. The molecule has 0 saturated heterocycles. The van der Waals surface area contributed by atoms with Gasteiger partial charge in [-0.1, -0.05) is 0 Å². The van der Waals surface area contributed by atoms with Gasteiger partial charge in [-0.3, -0.25) is 0 Å². The molecular weight excluding hydrogens is 248 g/mol. The molecule has 0 atom stereocenters. The smallest absolute Gasteiger partial charge is 0.652 e. The minimum absolute atomic E-state index is 0. The Morgan fingerprint density at radius 2 is 0.857 bits per heavy atom. The van der Waals surface area contributed by atoms with Gasteiger partial charge in [0.15, 0.2) is 0 Å². The molecule has 0 aromatic rings. The molecule has 0 aliphatic carbocycles. The summed E-state index contributed by atoms with van der Waals surface area (Å²) in [4.78, 5) is 24.8. The maximum absolute atomic E-state index is 8.33. The van der Waals surface area contributed by atoms with Crippen molar-refractivity contribution in [2.45, 2.75) is 0 Å². The first-order valence-corrected chi connectivity index (χ1v) is 1.71. The Hall–Kier alpha value is -0.304. The number of nitrogens with zero attached hydrogens (tertiary/aromatic N) is 2. The van der Waals surface area contributed by atoms with Gasteiger partial charge < -0.3 is 45.7 Å². The summed E-state index contributed by atoms with van der Waals surface area (Å²) in [6, 6.07) is 0. The molecule has 0 N–H and O–H groups in total. The third kappa shape index (κ3) is 14500. The van der Waals surface area contributed by atoms with Crippen LogP contribution in [0, 0.1) is 30.6 Å². The Morgan fingerprint density at radius 1 is 0.857 bits per heavy atom. The summed E-state index contributed by atoms with van der Waals surface area (Å²) in [5.41, 5.74) is 0. The van der Waals surface area contributed by atoms with Crippen LogP contribution in [0.1, 0.15) is 0 Å². The fourth-order valence-electron chi connectivity index (χ4n) is 0. The van der Waals surface area contributed by atoms with Gasteiger partial charge in [0.2, 0.25) is 0 Å². The molecule has 0 unspecified atom stereocenters. The van der Waals surface area contributed by atoms with Crippen LogP contribution in [-0.4, -0.2) is 77.1 Å². The van der Waals surface area contributed by atoms with Gasteiger partial charge in [-0.05, 0) is 6.16 Å².